The molecule has 0 aliphatic carbocycles. The summed E-state index contributed by atoms with van der Waals surface area (Å²) >= 11 is 0. The second kappa shape index (κ2) is 36.3. The van der Waals surface area contributed by atoms with Gasteiger partial charge >= 0.3 is 0 Å². The fourth-order valence-electron chi connectivity index (χ4n) is 8.60. The summed E-state index contributed by atoms with van der Waals surface area (Å²) in [5.74, 6) is -7.99. The van der Waals surface area contributed by atoms with Gasteiger partial charge in [0, 0.05) is 19.5 Å². The standard InChI is InChI=1S/C57H88N16O11/c1-33(2)25-44(55(83)68-42(20-14-24-63-57(61)62)54(82)69-43(49(60)77)28-37-15-8-7-9-16-37)67-48(76)31-73(30-38-21-22-39-17-10-11-18-40(39)27-38)72-51(79)36(6)65-53(81)41(19-12-13-23-58)66-47(75)29-64-52(80)46(32-74)71-56(84)45(26-34(3)4)70-50(78)35(5)59/h7-11,15-18,21-22,27,33-36,41-46,74H,12-14,19-20,23-26,28-32,58-59H2,1-6H3,(H2,60,77)(H,64,80)(H,65,81)(H,66,75)(H,67,76)(H,68,83)(H,69,82)(H,70,78)(H,71,84)(H,72,79)(H4,61,62,63)/t35-,36-,41-,42-,43-,44-,45-,46-/m0/s1. The predicted molar refractivity (Wildman–Crippen MR) is 317 cm³/mol. The van der Waals surface area contributed by atoms with E-state index in [0.29, 0.717) is 18.4 Å². The largest absolute Gasteiger partial charge is 0.394 e. The molecule has 84 heavy (non-hydrogen) atoms. The van der Waals surface area contributed by atoms with Gasteiger partial charge in [-0.1, -0.05) is 94.4 Å². The third kappa shape index (κ3) is 25.9. The van der Waals surface area contributed by atoms with E-state index in [1.54, 1.807) is 30.3 Å². The number of unbranched alkanes of at least 4 members (excludes halogenated alkanes) is 1. The molecule has 0 aliphatic rings. The quantitative estimate of drug-likeness (QED) is 0.0123. The highest BCUT2D eigenvalue weighted by molar-refractivity contribution is 5.97. The lowest BCUT2D eigenvalue weighted by molar-refractivity contribution is -0.136. The van der Waals surface area contributed by atoms with Gasteiger partial charge in [0.1, 0.15) is 42.3 Å². The number of nitrogens with zero attached hydrogens (tertiary/aromatic N) is 2. The van der Waals surface area contributed by atoms with Gasteiger partial charge in [0.2, 0.25) is 53.2 Å². The molecule has 0 heterocycles. The molecule has 0 fully saturated rings. The number of fused-ring (bicyclic) bond motifs is 1. The summed E-state index contributed by atoms with van der Waals surface area (Å²) in [7, 11) is 0. The highest BCUT2D eigenvalue weighted by Gasteiger charge is 2.32. The Bertz CT molecular complexity index is 2710. The molecule has 0 unspecified atom stereocenters. The van der Waals surface area contributed by atoms with Gasteiger partial charge in [0.25, 0.3) is 5.91 Å². The maximum Gasteiger partial charge on any atom is 0.256 e. The summed E-state index contributed by atoms with van der Waals surface area (Å²) in [6.07, 6.45) is 1.57. The fourth-order valence-corrected chi connectivity index (χ4v) is 8.60. The molecule has 27 nitrogen and oxygen atoms in total. The molecular formula is C57H88N16O11. The van der Waals surface area contributed by atoms with Crippen molar-refractivity contribution in [3.63, 3.8) is 0 Å². The molecule has 10 amide bonds. The van der Waals surface area contributed by atoms with Crippen molar-refractivity contribution in [1.29, 1.82) is 0 Å². The van der Waals surface area contributed by atoms with Crippen LogP contribution in [0.1, 0.15) is 97.6 Å². The Kier molecular flexibility index (Phi) is 30.3. The number of hydrogen-bond acceptors (Lipinski definition) is 15. The van der Waals surface area contributed by atoms with Crippen molar-refractivity contribution in [2.45, 2.75) is 148 Å². The molecule has 3 aromatic carbocycles. The molecule has 8 atom stereocenters. The van der Waals surface area contributed by atoms with E-state index in [0.717, 1.165) is 16.3 Å². The van der Waals surface area contributed by atoms with Crippen molar-refractivity contribution in [2.75, 3.05) is 32.8 Å². The first kappa shape index (κ1) is 70.0. The number of hydrazine groups is 1. The lowest BCUT2D eigenvalue weighted by Gasteiger charge is -2.28. The minimum Gasteiger partial charge on any atom is -0.394 e. The van der Waals surface area contributed by atoms with E-state index in [-0.39, 0.29) is 76.0 Å². The van der Waals surface area contributed by atoms with Gasteiger partial charge in [-0.25, -0.2) is 5.01 Å². The number of guanidine groups is 1. The van der Waals surface area contributed by atoms with Crippen LogP contribution in [0.5, 0.6) is 0 Å². The van der Waals surface area contributed by atoms with Crippen LogP contribution < -0.4 is 76.6 Å². The molecule has 0 saturated heterocycles. The van der Waals surface area contributed by atoms with E-state index < -0.39 is 127 Å². The molecule has 0 aliphatic heterocycles. The molecule has 462 valence electrons. The molecular weight excluding hydrogens is 1080 g/mol. The SMILES string of the molecule is CC(C)C[C@H](NC(=O)CN(Cc1ccc2ccccc2c1)NC(=O)[C@H](C)NC(=O)[C@H](CCCCN)NC(=O)CNC(=O)[C@H](CO)NC(=O)[C@H](CC(C)C)NC(=O)[C@H](C)N)C(=O)N[C@@H](CCCN=C(N)N)C(=O)N[C@@H](Cc1ccccc1)C(N)=O. The topological polar surface area (TPSA) is 445 Å². The van der Waals surface area contributed by atoms with Crippen LogP contribution in [0.2, 0.25) is 0 Å². The number of nitrogens with two attached hydrogens (primary N) is 5. The number of amides is 10. The summed E-state index contributed by atoms with van der Waals surface area (Å²) in [6, 6.07) is 12.4. The van der Waals surface area contributed by atoms with E-state index in [1.165, 1.54) is 18.9 Å². The summed E-state index contributed by atoms with van der Waals surface area (Å²) in [5.41, 5.74) is 32.2. The number of aliphatic hydroxyl groups is 1. The van der Waals surface area contributed by atoms with Gasteiger partial charge in [-0.05, 0) is 105 Å². The molecule has 0 radical (unpaired) electrons. The average Bonchev–Trinajstić information content (AvgIpc) is 3.56. The summed E-state index contributed by atoms with van der Waals surface area (Å²) < 4.78 is 0. The average molecular weight is 1170 g/mol. The van der Waals surface area contributed by atoms with E-state index >= 15 is 0 Å². The number of aliphatic imine (C=N–C) groups is 1. The Hall–Kier alpha value is -8.27. The number of hydrogen-bond donors (Lipinski definition) is 15. The van der Waals surface area contributed by atoms with E-state index in [9.17, 15) is 53.1 Å². The second-order valence-electron chi connectivity index (χ2n) is 21.5. The zero-order valence-corrected chi connectivity index (χ0v) is 48.9. The highest BCUT2D eigenvalue weighted by atomic mass is 16.3. The number of aliphatic hydroxyl groups excluding tert-OH is 1. The second-order valence-corrected chi connectivity index (χ2v) is 21.5. The third-order valence-corrected chi connectivity index (χ3v) is 13.0. The van der Waals surface area contributed by atoms with E-state index in [1.807, 2.05) is 70.2 Å². The first-order valence-corrected chi connectivity index (χ1v) is 28.2. The normalized spacial score (nSPS) is 14.0. The maximum absolute atomic E-state index is 14.2. The smallest absolute Gasteiger partial charge is 0.256 e. The first-order valence-electron chi connectivity index (χ1n) is 28.2. The molecule has 20 N–H and O–H groups in total. The Labute approximate surface area is 490 Å². The highest BCUT2D eigenvalue weighted by Crippen LogP contribution is 2.17. The van der Waals surface area contributed by atoms with Gasteiger partial charge in [-0.3, -0.25) is 58.4 Å². The minimum atomic E-state index is -1.52. The minimum absolute atomic E-state index is 0.0285. The molecule has 27 heteroatoms. The van der Waals surface area contributed by atoms with Crippen molar-refractivity contribution in [1.82, 2.24) is 53.0 Å². The first-order chi connectivity index (χ1) is 39.8. The van der Waals surface area contributed by atoms with Crippen molar-refractivity contribution in [3.8, 4) is 0 Å². The Morgan fingerprint density at radius 1 is 0.548 bits per heavy atom. The number of benzene rings is 3. The van der Waals surface area contributed by atoms with Crippen LogP contribution in [-0.4, -0.2) is 156 Å². The van der Waals surface area contributed by atoms with Crippen molar-refractivity contribution < 1.29 is 53.1 Å². The molecule has 0 spiro atoms. The van der Waals surface area contributed by atoms with Gasteiger partial charge in [-0.2, -0.15) is 0 Å². The molecule has 0 bridgehead atoms. The fraction of sp³-hybridized carbons (Fsp3) is 0.526. The van der Waals surface area contributed by atoms with Gasteiger partial charge in [0.15, 0.2) is 5.96 Å². The monoisotopic (exact) mass is 1170 g/mol. The number of primary amides is 1. The molecule has 0 aromatic heterocycles. The molecule has 3 rings (SSSR count). The summed E-state index contributed by atoms with van der Waals surface area (Å²) in [4.78, 5) is 139. The van der Waals surface area contributed by atoms with Gasteiger partial charge < -0.3 is 76.3 Å². The number of rotatable bonds is 37. The van der Waals surface area contributed by atoms with Crippen LogP contribution in [0, 0.1) is 11.8 Å². The Morgan fingerprint density at radius 2 is 1.08 bits per heavy atom. The van der Waals surface area contributed by atoms with E-state index in [4.69, 9.17) is 28.7 Å². The molecule has 3 aromatic rings. The van der Waals surface area contributed by atoms with Gasteiger partial charge in [0.05, 0.1) is 25.7 Å². The predicted octanol–water partition coefficient (Wildman–Crippen LogP) is -2.46. The molecule has 0 saturated carbocycles. The van der Waals surface area contributed by atoms with E-state index in [2.05, 4.69) is 53.0 Å². The van der Waals surface area contributed by atoms with Crippen LogP contribution in [0.3, 0.4) is 0 Å². The zero-order valence-electron chi connectivity index (χ0n) is 48.9. The van der Waals surface area contributed by atoms with Crippen LogP contribution in [-0.2, 0) is 60.9 Å². The summed E-state index contributed by atoms with van der Waals surface area (Å²) in [5, 5.41) is 33.7. The number of carbonyl (C=O) groups excluding carboxylic acids is 10. The third-order valence-electron chi connectivity index (χ3n) is 13.0. The number of carbonyl (C=O) groups is 10. The van der Waals surface area contributed by atoms with Crippen molar-refractivity contribution in [2.24, 2.45) is 45.5 Å². The van der Waals surface area contributed by atoms with Gasteiger partial charge in [-0.15, -0.1) is 0 Å². The van der Waals surface area contributed by atoms with Crippen molar-refractivity contribution >= 4 is 75.8 Å². The van der Waals surface area contributed by atoms with Crippen LogP contribution in [0.4, 0.5) is 0 Å². The van der Waals surface area contributed by atoms with Crippen LogP contribution in [0.15, 0.2) is 77.8 Å². The maximum atomic E-state index is 14.2. The zero-order chi connectivity index (χ0) is 62.5. The Balaban J connectivity index is 1.81. The van der Waals surface area contributed by atoms with Crippen molar-refractivity contribution in [3.05, 3.63) is 83.9 Å². The van der Waals surface area contributed by atoms with Crippen LogP contribution in [0.25, 0.3) is 10.8 Å². The lowest BCUT2D eigenvalue weighted by atomic mass is 10.0. The van der Waals surface area contributed by atoms with Crippen LogP contribution >= 0.6 is 0 Å². The number of nitrogens with one attached hydrogen (secondary N) is 9. The Morgan fingerprint density at radius 3 is 1.68 bits per heavy atom. The summed E-state index contributed by atoms with van der Waals surface area (Å²) in [6.45, 7) is 8.41. The lowest BCUT2D eigenvalue weighted by Crippen LogP contribution is -2.59.